The molecule has 25 heavy (non-hydrogen) atoms. The lowest BCUT2D eigenvalue weighted by Gasteiger charge is -2.18. The number of esters is 2. The second kappa shape index (κ2) is 9.95. The quantitative estimate of drug-likeness (QED) is 0.526. The molecule has 0 heterocycles. The van der Waals surface area contributed by atoms with Crippen LogP contribution in [0.25, 0.3) is 0 Å². The molecule has 0 saturated heterocycles. The predicted molar refractivity (Wildman–Crippen MR) is 93.1 cm³/mol. The molecule has 0 radical (unpaired) electrons. The van der Waals surface area contributed by atoms with Gasteiger partial charge >= 0.3 is 11.9 Å². The molecule has 1 N–H and O–H groups in total. The highest BCUT2D eigenvalue weighted by molar-refractivity contribution is 7.89. The molecule has 138 valence electrons. The fraction of sp³-hybridized carbons (Fsp3) is 0.412. The summed E-state index contributed by atoms with van der Waals surface area (Å²) in [5.41, 5.74) is 0.663. The van der Waals surface area contributed by atoms with Crippen molar-refractivity contribution in [1.82, 2.24) is 4.72 Å². The third kappa shape index (κ3) is 8.46. The van der Waals surface area contributed by atoms with Gasteiger partial charge < -0.3 is 9.47 Å². The third-order valence-electron chi connectivity index (χ3n) is 3.00. The first-order chi connectivity index (χ1) is 11.7. The Morgan fingerprint density at radius 3 is 2.28 bits per heavy atom. The Labute approximate surface area is 148 Å². The summed E-state index contributed by atoms with van der Waals surface area (Å²) >= 11 is 0. The summed E-state index contributed by atoms with van der Waals surface area (Å²) in [5, 5.41) is 0. The van der Waals surface area contributed by atoms with Gasteiger partial charge in [-0.25, -0.2) is 22.7 Å². The van der Waals surface area contributed by atoms with Crippen molar-refractivity contribution in [2.24, 2.45) is 0 Å². The molecule has 0 spiro atoms. The minimum absolute atomic E-state index is 0.0920. The molecule has 1 unspecified atom stereocenters. The maximum absolute atomic E-state index is 11.8. The van der Waals surface area contributed by atoms with Gasteiger partial charge in [-0.15, -0.1) is 0 Å². The summed E-state index contributed by atoms with van der Waals surface area (Å²) in [6.45, 7) is 4.69. The standard InChI is InChI=1S/C17H23NO6S/c1-4-25(21,22)18-15(14-8-6-5-7-9-14)12-23-16(19)10-11-17(20)24-13(2)3/h5-11,13,15,18H,4,12H2,1-3H3/b11-10+. The highest BCUT2D eigenvalue weighted by atomic mass is 32.2. The van der Waals surface area contributed by atoms with Crippen molar-refractivity contribution in [3.63, 3.8) is 0 Å². The third-order valence-corrected chi connectivity index (χ3v) is 4.41. The second-order valence-electron chi connectivity index (χ2n) is 5.43. The summed E-state index contributed by atoms with van der Waals surface area (Å²) < 4.78 is 36.0. The Morgan fingerprint density at radius 1 is 1.12 bits per heavy atom. The van der Waals surface area contributed by atoms with Crippen LogP contribution in [-0.2, 0) is 29.1 Å². The summed E-state index contributed by atoms with van der Waals surface area (Å²) in [5.74, 6) is -1.51. The monoisotopic (exact) mass is 369 g/mol. The molecule has 0 aliphatic carbocycles. The number of hydrogen-bond acceptors (Lipinski definition) is 6. The van der Waals surface area contributed by atoms with E-state index in [2.05, 4.69) is 4.72 Å². The SMILES string of the molecule is CCS(=O)(=O)NC(COC(=O)/C=C/C(=O)OC(C)C)c1ccccc1. The van der Waals surface area contributed by atoms with Crippen LogP contribution >= 0.6 is 0 Å². The smallest absolute Gasteiger partial charge is 0.331 e. The lowest BCUT2D eigenvalue weighted by atomic mass is 10.1. The molecule has 0 aromatic heterocycles. The van der Waals surface area contributed by atoms with Gasteiger partial charge in [0.05, 0.1) is 17.9 Å². The van der Waals surface area contributed by atoms with E-state index in [-0.39, 0.29) is 18.5 Å². The zero-order valence-electron chi connectivity index (χ0n) is 14.5. The number of carbonyl (C=O) groups is 2. The zero-order chi connectivity index (χ0) is 18.9. The minimum Gasteiger partial charge on any atom is -0.460 e. The van der Waals surface area contributed by atoms with Gasteiger partial charge in [0.25, 0.3) is 0 Å². The normalized spacial score (nSPS) is 13.0. The van der Waals surface area contributed by atoms with Crippen molar-refractivity contribution in [1.29, 1.82) is 0 Å². The van der Waals surface area contributed by atoms with Gasteiger partial charge in [0.2, 0.25) is 10.0 Å². The Morgan fingerprint density at radius 2 is 1.72 bits per heavy atom. The van der Waals surface area contributed by atoms with E-state index >= 15 is 0 Å². The van der Waals surface area contributed by atoms with E-state index in [9.17, 15) is 18.0 Å². The Bertz CT molecular complexity index is 697. The van der Waals surface area contributed by atoms with E-state index < -0.39 is 28.0 Å². The Hall–Kier alpha value is -2.19. The van der Waals surface area contributed by atoms with Gasteiger partial charge in [0, 0.05) is 12.2 Å². The van der Waals surface area contributed by atoms with Crippen molar-refractivity contribution in [2.75, 3.05) is 12.4 Å². The molecule has 0 bridgehead atoms. The fourth-order valence-corrected chi connectivity index (χ4v) is 2.61. The van der Waals surface area contributed by atoms with Crippen LogP contribution in [-0.4, -0.2) is 38.8 Å². The minimum atomic E-state index is -3.49. The second-order valence-corrected chi connectivity index (χ2v) is 7.48. The molecule has 1 aromatic rings. The molecule has 0 aliphatic heterocycles. The molecular weight excluding hydrogens is 346 g/mol. The van der Waals surface area contributed by atoms with Crippen LogP contribution < -0.4 is 4.72 Å². The van der Waals surface area contributed by atoms with E-state index in [1.165, 1.54) is 6.92 Å². The lowest BCUT2D eigenvalue weighted by molar-refractivity contribution is -0.143. The summed E-state index contributed by atoms with van der Waals surface area (Å²) in [7, 11) is -3.49. The summed E-state index contributed by atoms with van der Waals surface area (Å²) in [6.07, 6.45) is 1.62. The van der Waals surface area contributed by atoms with Gasteiger partial charge in [0.1, 0.15) is 6.61 Å². The van der Waals surface area contributed by atoms with E-state index in [0.29, 0.717) is 5.56 Å². The largest absolute Gasteiger partial charge is 0.460 e. The summed E-state index contributed by atoms with van der Waals surface area (Å²) in [4.78, 5) is 23.0. The first-order valence-corrected chi connectivity index (χ1v) is 9.49. The topological polar surface area (TPSA) is 98.8 Å². The molecule has 1 atom stereocenters. The van der Waals surface area contributed by atoms with Crippen LogP contribution in [0.15, 0.2) is 42.5 Å². The molecule has 0 fully saturated rings. The number of hydrogen-bond donors (Lipinski definition) is 1. The number of sulfonamides is 1. The highest BCUT2D eigenvalue weighted by Crippen LogP contribution is 2.14. The van der Waals surface area contributed by atoms with Gasteiger partial charge in [0.15, 0.2) is 0 Å². The Balaban J connectivity index is 2.71. The van der Waals surface area contributed by atoms with Crippen molar-refractivity contribution in [3.8, 4) is 0 Å². The number of nitrogens with one attached hydrogen (secondary N) is 1. The molecule has 0 saturated carbocycles. The van der Waals surface area contributed by atoms with Crippen LogP contribution in [0.4, 0.5) is 0 Å². The molecule has 7 nitrogen and oxygen atoms in total. The van der Waals surface area contributed by atoms with Crippen LogP contribution in [0.2, 0.25) is 0 Å². The number of benzene rings is 1. The first kappa shape index (κ1) is 20.9. The van der Waals surface area contributed by atoms with Crippen molar-refractivity contribution in [3.05, 3.63) is 48.0 Å². The van der Waals surface area contributed by atoms with E-state index in [1.54, 1.807) is 44.2 Å². The zero-order valence-corrected chi connectivity index (χ0v) is 15.3. The average Bonchev–Trinajstić information content (AvgIpc) is 2.57. The molecule has 1 aromatic carbocycles. The fourth-order valence-electron chi connectivity index (χ4n) is 1.80. The van der Waals surface area contributed by atoms with Crippen molar-refractivity contribution in [2.45, 2.75) is 32.9 Å². The maximum atomic E-state index is 11.8. The molecular formula is C17H23NO6S. The molecule has 8 heteroatoms. The van der Waals surface area contributed by atoms with Crippen LogP contribution in [0.5, 0.6) is 0 Å². The van der Waals surface area contributed by atoms with E-state index in [4.69, 9.17) is 9.47 Å². The molecule has 1 rings (SSSR count). The van der Waals surface area contributed by atoms with Crippen LogP contribution in [0, 0.1) is 0 Å². The van der Waals surface area contributed by atoms with Crippen LogP contribution in [0.1, 0.15) is 32.4 Å². The first-order valence-electron chi connectivity index (χ1n) is 7.84. The molecule has 0 aliphatic rings. The predicted octanol–water partition coefficient (Wildman–Crippen LogP) is 1.72. The van der Waals surface area contributed by atoms with E-state index in [0.717, 1.165) is 12.2 Å². The van der Waals surface area contributed by atoms with E-state index in [1.807, 2.05) is 0 Å². The average molecular weight is 369 g/mol. The number of carbonyl (C=O) groups excluding carboxylic acids is 2. The van der Waals surface area contributed by atoms with Gasteiger partial charge in [-0.05, 0) is 26.3 Å². The highest BCUT2D eigenvalue weighted by Gasteiger charge is 2.19. The van der Waals surface area contributed by atoms with Gasteiger partial charge in [-0.2, -0.15) is 0 Å². The van der Waals surface area contributed by atoms with Crippen molar-refractivity contribution >= 4 is 22.0 Å². The Kier molecular flexibility index (Phi) is 8.30. The number of ether oxygens (including phenoxy) is 2. The van der Waals surface area contributed by atoms with Gasteiger partial charge in [-0.3, -0.25) is 0 Å². The lowest BCUT2D eigenvalue weighted by Crippen LogP contribution is -2.33. The number of rotatable bonds is 9. The van der Waals surface area contributed by atoms with Crippen molar-refractivity contribution < 1.29 is 27.5 Å². The van der Waals surface area contributed by atoms with Crippen LogP contribution in [0.3, 0.4) is 0 Å². The van der Waals surface area contributed by atoms with Gasteiger partial charge in [-0.1, -0.05) is 30.3 Å². The summed E-state index contributed by atoms with van der Waals surface area (Å²) in [6, 6.07) is 8.05. The molecule has 0 amide bonds. The maximum Gasteiger partial charge on any atom is 0.331 e.